The van der Waals surface area contributed by atoms with Crippen LogP contribution in [-0.2, 0) is 4.79 Å². The molecule has 0 unspecified atom stereocenters. The molecule has 0 radical (unpaired) electrons. The number of halogens is 1. The van der Waals surface area contributed by atoms with E-state index in [0.717, 1.165) is 31.7 Å². The van der Waals surface area contributed by atoms with Crippen LogP contribution in [0.25, 0.3) is 20.8 Å². The zero-order valence-corrected chi connectivity index (χ0v) is 16.7. The van der Waals surface area contributed by atoms with Gasteiger partial charge in [-0.05, 0) is 55.3 Å². The van der Waals surface area contributed by atoms with Crippen molar-refractivity contribution < 1.29 is 9.59 Å². The first-order valence-electron chi connectivity index (χ1n) is 8.60. The summed E-state index contributed by atoms with van der Waals surface area (Å²) in [5, 5.41) is 9.16. The summed E-state index contributed by atoms with van der Waals surface area (Å²) in [6.07, 6.45) is 1.52. The smallest absolute Gasteiger partial charge is 0.319 e. The van der Waals surface area contributed by atoms with Gasteiger partial charge in [-0.3, -0.25) is 4.79 Å². The summed E-state index contributed by atoms with van der Waals surface area (Å²) in [5.74, 6) is -0.130. The van der Waals surface area contributed by atoms with Crippen molar-refractivity contribution in [3.05, 3.63) is 46.9 Å². The molecule has 0 spiro atoms. The summed E-state index contributed by atoms with van der Waals surface area (Å²) in [7, 11) is 0. The first-order chi connectivity index (χ1) is 13.1. The molecule has 0 bridgehead atoms. The van der Waals surface area contributed by atoms with Crippen LogP contribution in [0.5, 0.6) is 0 Å². The number of nitrogens with one attached hydrogen (secondary N) is 3. The van der Waals surface area contributed by atoms with Crippen LogP contribution in [0, 0.1) is 0 Å². The van der Waals surface area contributed by atoms with Gasteiger partial charge in [-0.2, -0.15) is 0 Å². The van der Waals surface area contributed by atoms with Crippen LogP contribution in [0.2, 0.25) is 0 Å². The molecule has 1 saturated heterocycles. The molecule has 0 aliphatic carbocycles. The lowest BCUT2D eigenvalue weighted by atomic mass is 10.1. The van der Waals surface area contributed by atoms with Gasteiger partial charge in [-0.15, -0.1) is 11.3 Å². The van der Waals surface area contributed by atoms with E-state index in [1.807, 2.05) is 42.5 Å². The maximum absolute atomic E-state index is 12.1. The summed E-state index contributed by atoms with van der Waals surface area (Å²) in [6, 6.07) is 12.7. The molecule has 6 nitrogen and oxygen atoms in total. The normalized spacial score (nSPS) is 16.8. The number of urea groups is 1. The van der Waals surface area contributed by atoms with Crippen LogP contribution >= 0.6 is 27.3 Å². The summed E-state index contributed by atoms with van der Waals surface area (Å²) in [4.78, 5) is 28.5. The molecule has 8 heteroatoms. The molecule has 138 valence electrons. The molecule has 27 heavy (non-hydrogen) atoms. The molecule has 4 rings (SSSR count). The fraction of sp³-hybridized carbons (Fsp3) is 0.211. The first kappa shape index (κ1) is 17.9. The molecular weight excluding hydrogens is 428 g/mol. The Hall–Kier alpha value is -2.45. The second-order valence-electron chi connectivity index (χ2n) is 6.29. The number of thiazole rings is 1. The zero-order valence-electron chi connectivity index (χ0n) is 14.3. The molecular formula is C19H17BrN4O2S. The fourth-order valence-electron chi connectivity index (χ4n) is 2.96. The van der Waals surface area contributed by atoms with Crippen LogP contribution < -0.4 is 16.0 Å². The molecule has 1 aliphatic heterocycles. The number of benzene rings is 2. The Morgan fingerprint density at radius 1 is 1.22 bits per heavy atom. The van der Waals surface area contributed by atoms with E-state index in [9.17, 15) is 9.59 Å². The Balaban J connectivity index is 1.43. The van der Waals surface area contributed by atoms with E-state index in [2.05, 4.69) is 36.9 Å². The highest BCUT2D eigenvalue weighted by atomic mass is 79.9. The van der Waals surface area contributed by atoms with Gasteiger partial charge in [0, 0.05) is 22.3 Å². The number of nitrogens with zero attached hydrogens (tertiary/aromatic N) is 1. The number of hydrogen-bond acceptors (Lipinski definition) is 4. The highest BCUT2D eigenvalue weighted by molar-refractivity contribution is 9.10. The molecule has 1 fully saturated rings. The Morgan fingerprint density at radius 3 is 2.81 bits per heavy atom. The second kappa shape index (κ2) is 7.66. The van der Waals surface area contributed by atoms with Crippen molar-refractivity contribution in [3.8, 4) is 10.6 Å². The topological polar surface area (TPSA) is 83.1 Å². The van der Waals surface area contributed by atoms with Crippen LogP contribution in [-0.4, -0.2) is 29.5 Å². The summed E-state index contributed by atoms with van der Waals surface area (Å²) in [6.45, 7) is 0.669. The number of piperidine rings is 1. The number of hydrogen-bond donors (Lipinski definition) is 3. The van der Waals surface area contributed by atoms with Gasteiger partial charge in [0.25, 0.3) is 0 Å². The fourth-order valence-corrected chi connectivity index (χ4v) is 4.26. The number of rotatable bonds is 3. The number of anilines is 1. The van der Waals surface area contributed by atoms with Crippen molar-refractivity contribution in [2.24, 2.45) is 0 Å². The lowest BCUT2D eigenvalue weighted by molar-refractivity contribution is -0.124. The second-order valence-corrected chi connectivity index (χ2v) is 8.24. The predicted molar refractivity (Wildman–Crippen MR) is 111 cm³/mol. The third-order valence-corrected chi connectivity index (χ3v) is 5.91. The van der Waals surface area contributed by atoms with Gasteiger partial charge in [0.05, 0.1) is 10.2 Å². The lowest BCUT2D eigenvalue weighted by Gasteiger charge is -2.22. The maximum atomic E-state index is 12.1. The van der Waals surface area contributed by atoms with Gasteiger partial charge in [-0.25, -0.2) is 9.78 Å². The zero-order chi connectivity index (χ0) is 18.8. The Labute approximate surface area is 168 Å². The van der Waals surface area contributed by atoms with E-state index in [1.54, 1.807) is 11.3 Å². The first-order valence-corrected chi connectivity index (χ1v) is 10.2. The third kappa shape index (κ3) is 4.12. The third-order valence-electron chi connectivity index (χ3n) is 4.33. The SMILES string of the molecule is O=C(Nc1ccc(-c2nc3cc(Br)ccc3s2)cc1)N[C@@H]1CCCNC1=O. The molecule has 3 aromatic rings. The summed E-state index contributed by atoms with van der Waals surface area (Å²) in [5.41, 5.74) is 2.61. The van der Waals surface area contributed by atoms with Crippen LogP contribution in [0.15, 0.2) is 46.9 Å². The molecule has 3 N–H and O–H groups in total. The molecule has 1 aromatic heterocycles. The quantitative estimate of drug-likeness (QED) is 0.567. The van der Waals surface area contributed by atoms with E-state index >= 15 is 0 Å². The van der Waals surface area contributed by atoms with E-state index < -0.39 is 6.04 Å². The van der Waals surface area contributed by atoms with Crippen molar-refractivity contribution in [2.45, 2.75) is 18.9 Å². The van der Waals surface area contributed by atoms with Crippen LogP contribution in [0.1, 0.15) is 12.8 Å². The number of fused-ring (bicyclic) bond motifs is 1. The Kier molecular flexibility index (Phi) is 5.09. The van der Waals surface area contributed by atoms with Gasteiger partial charge in [-0.1, -0.05) is 15.9 Å². The molecule has 0 saturated carbocycles. The lowest BCUT2D eigenvalue weighted by Crippen LogP contribution is -2.51. The van der Waals surface area contributed by atoms with Gasteiger partial charge < -0.3 is 16.0 Å². The van der Waals surface area contributed by atoms with Crippen molar-refractivity contribution in [1.82, 2.24) is 15.6 Å². The molecule has 1 atom stereocenters. The Bertz CT molecular complexity index is 1000. The van der Waals surface area contributed by atoms with Gasteiger partial charge >= 0.3 is 6.03 Å². The van der Waals surface area contributed by atoms with Crippen molar-refractivity contribution in [2.75, 3.05) is 11.9 Å². The maximum Gasteiger partial charge on any atom is 0.319 e. The van der Waals surface area contributed by atoms with Gasteiger partial charge in [0.2, 0.25) is 5.91 Å². The highest BCUT2D eigenvalue weighted by Gasteiger charge is 2.23. The number of carbonyl (C=O) groups is 2. The van der Waals surface area contributed by atoms with Crippen molar-refractivity contribution in [3.63, 3.8) is 0 Å². The number of aromatic nitrogens is 1. The minimum absolute atomic E-state index is 0.130. The standard InChI is InChI=1S/C19H17BrN4O2S/c20-12-5-8-16-15(10-12)23-18(27-16)11-3-6-13(7-4-11)22-19(26)24-14-2-1-9-21-17(14)25/h3-8,10,14H,1-2,9H2,(H,21,25)(H2,22,24,26)/t14-/m1/s1. The highest BCUT2D eigenvalue weighted by Crippen LogP contribution is 2.32. The largest absolute Gasteiger partial charge is 0.354 e. The van der Waals surface area contributed by atoms with E-state index in [4.69, 9.17) is 0 Å². The summed E-state index contributed by atoms with van der Waals surface area (Å²) >= 11 is 5.09. The molecule has 2 aromatic carbocycles. The molecule has 2 heterocycles. The minimum Gasteiger partial charge on any atom is -0.354 e. The van der Waals surface area contributed by atoms with Gasteiger partial charge in [0.15, 0.2) is 0 Å². The van der Waals surface area contributed by atoms with E-state index in [1.165, 1.54) is 0 Å². The van der Waals surface area contributed by atoms with Crippen LogP contribution in [0.4, 0.5) is 10.5 Å². The van der Waals surface area contributed by atoms with Crippen molar-refractivity contribution >= 4 is 55.1 Å². The average Bonchev–Trinajstić information content (AvgIpc) is 3.07. The monoisotopic (exact) mass is 444 g/mol. The van der Waals surface area contributed by atoms with E-state index in [0.29, 0.717) is 18.7 Å². The summed E-state index contributed by atoms with van der Waals surface area (Å²) < 4.78 is 2.13. The number of amides is 3. The molecule has 3 amide bonds. The molecule has 1 aliphatic rings. The minimum atomic E-state index is -0.472. The number of carbonyl (C=O) groups excluding carboxylic acids is 2. The Morgan fingerprint density at radius 2 is 2.04 bits per heavy atom. The van der Waals surface area contributed by atoms with Gasteiger partial charge in [0.1, 0.15) is 11.0 Å². The van der Waals surface area contributed by atoms with E-state index in [-0.39, 0.29) is 11.9 Å². The van der Waals surface area contributed by atoms with Crippen molar-refractivity contribution in [1.29, 1.82) is 0 Å². The average molecular weight is 445 g/mol. The predicted octanol–water partition coefficient (Wildman–Crippen LogP) is 4.13. The van der Waals surface area contributed by atoms with Crippen LogP contribution in [0.3, 0.4) is 0 Å².